The maximum absolute atomic E-state index is 13.9. The lowest BCUT2D eigenvalue weighted by Crippen LogP contribution is -2.53. The predicted octanol–water partition coefficient (Wildman–Crippen LogP) is 4.72. The molecule has 0 radical (unpaired) electrons. The zero-order chi connectivity index (χ0) is 28.1. The fourth-order valence-electron chi connectivity index (χ4n) is 4.47. The van der Waals surface area contributed by atoms with E-state index in [0.29, 0.717) is 10.7 Å². The van der Waals surface area contributed by atoms with Crippen LogP contribution in [0.25, 0.3) is 16.4 Å². The normalized spacial score (nSPS) is 23.9. The smallest absolute Gasteiger partial charge is 0.394 e. The highest BCUT2D eigenvalue weighted by atomic mass is 79.9. The standard InChI is InChI=1S/C22H18BrCl2F3N6O4S/c1-37-20-17(33-6-11(30-32-33)21-29-16(25)8-39-21)18(36)14(7-35)38-19(20)13-5-15(23)31-34(13)12-4-9(24)2-3-10(12)22(26,27)28/h2-6,8,14,17-20,35-36H,7H2,1H3/t14?,17-,18-,19-,20?/m0/s1. The molecule has 0 amide bonds. The minimum atomic E-state index is -4.72. The first-order valence-electron chi connectivity index (χ1n) is 11.1. The second-order valence-corrected chi connectivity index (χ2v) is 11.0. The molecule has 4 aromatic rings. The van der Waals surface area contributed by atoms with Crippen LogP contribution in [0.1, 0.15) is 23.4 Å². The van der Waals surface area contributed by atoms with Gasteiger partial charge in [-0.25, -0.2) is 14.3 Å². The second-order valence-electron chi connectivity index (χ2n) is 8.48. The fraction of sp³-hybridized carbons (Fsp3) is 0.364. The van der Waals surface area contributed by atoms with Crippen LogP contribution >= 0.6 is 50.5 Å². The Labute approximate surface area is 241 Å². The third-order valence-corrected chi connectivity index (χ3v) is 7.95. The van der Waals surface area contributed by atoms with Gasteiger partial charge in [-0.1, -0.05) is 28.4 Å². The molecule has 39 heavy (non-hydrogen) atoms. The number of rotatable bonds is 6. The van der Waals surface area contributed by atoms with Gasteiger partial charge in [-0.15, -0.1) is 16.4 Å². The van der Waals surface area contributed by atoms with Gasteiger partial charge in [0.15, 0.2) is 0 Å². The van der Waals surface area contributed by atoms with Gasteiger partial charge in [-0.3, -0.25) is 0 Å². The summed E-state index contributed by atoms with van der Waals surface area (Å²) in [4.78, 5) is 4.16. The van der Waals surface area contributed by atoms with Gasteiger partial charge < -0.3 is 19.7 Å². The molecule has 5 rings (SSSR count). The highest BCUT2D eigenvalue weighted by Gasteiger charge is 2.49. The molecule has 0 saturated carbocycles. The molecule has 17 heteroatoms. The number of benzene rings is 1. The Morgan fingerprint density at radius 2 is 2.03 bits per heavy atom. The fourth-order valence-corrected chi connectivity index (χ4v) is 5.93. The number of alkyl halides is 3. The number of thiazole rings is 1. The van der Waals surface area contributed by atoms with E-state index in [2.05, 4.69) is 36.3 Å². The number of aliphatic hydroxyl groups excluding tert-OH is 2. The molecule has 1 saturated heterocycles. The highest BCUT2D eigenvalue weighted by molar-refractivity contribution is 9.10. The van der Waals surface area contributed by atoms with Crippen LogP contribution in [-0.4, -0.2) is 72.0 Å². The Morgan fingerprint density at radius 3 is 2.67 bits per heavy atom. The lowest BCUT2D eigenvalue weighted by Gasteiger charge is -2.43. The summed E-state index contributed by atoms with van der Waals surface area (Å²) in [7, 11) is 1.36. The summed E-state index contributed by atoms with van der Waals surface area (Å²) in [6.45, 7) is -0.603. The summed E-state index contributed by atoms with van der Waals surface area (Å²) in [5, 5.41) is 36.1. The molecule has 3 aromatic heterocycles. The molecule has 5 atom stereocenters. The molecule has 0 bridgehead atoms. The van der Waals surface area contributed by atoms with E-state index in [4.69, 9.17) is 32.7 Å². The number of hydrogen-bond donors (Lipinski definition) is 2. The monoisotopic (exact) mass is 668 g/mol. The van der Waals surface area contributed by atoms with Crippen molar-refractivity contribution in [3.05, 3.63) is 61.9 Å². The van der Waals surface area contributed by atoms with Crippen LogP contribution < -0.4 is 0 Å². The van der Waals surface area contributed by atoms with E-state index >= 15 is 0 Å². The van der Waals surface area contributed by atoms with Crippen LogP contribution in [0.3, 0.4) is 0 Å². The van der Waals surface area contributed by atoms with Crippen molar-refractivity contribution in [2.75, 3.05) is 13.7 Å². The molecule has 1 fully saturated rings. The van der Waals surface area contributed by atoms with E-state index < -0.39 is 48.8 Å². The van der Waals surface area contributed by atoms with Crippen LogP contribution in [0, 0.1) is 0 Å². The third-order valence-electron chi connectivity index (χ3n) is 6.14. The van der Waals surface area contributed by atoms with Crippen LogP contribution in [0.2, 0.25) is 10.2 Å². The SMILES string of the molecule is COC1[C@@H](n2cc(-c3nc(Cl)cs3)nn2)[C@@H](O)C(CO)O[C@H]1c1cc(Br)nn1-c1cc(Cl)ccc1C(F)(F)F. The van der Waals surface area contributed by atoms with E-state index in [1.54, 1.807) is 5.38 Å². The van der Waals surface area contributed by atoms with E-state index in [0.717, 1.165) is 22.9 Å². The highest BCUT2D eigenvalue weighted by Crippen LogP contribution is 2.43. The van der Waals surface area contributed by atoms with Crippen LogP contribution in [0.4, 0.5) is 13.2 Å². The van der Waals surface area contributed by atoms with Gasteiger partial charge in [-0.2, -0.15) is 18.3 Å². The van der Waals surface area contributed by atoms with Crippen molar-refractivity contribution in [3.63, 3.8) is 0 Å². The van der Waals surface area contributed by atoms with Gasteiger partial charge in [0.1, 0.15) is 50.9 Å². The van der Waals surface area contributed by atoms with Crippen molar-refractivity contribution < 1.29 is 32.9 Å². The molecule has 0 aliphatic carbocycles. The lowest BCUT2D eigenvalue weighted by molar-refractivity contribution is -0.216. The Bertz CT molecular complexity index is 1480. The number of hydrogen-bond acceptors (Lipinski definition) is 9. The van der Waals surface area contributed by atoms with Gasteiger partial charge in [0, 0.05) is 17.5 Å². The number of aromatic nitrogens is 6. The summed E-state index contributed by atoms with van der Waals surface area (Å²) in [5.74, 6) is 0. The van der Waals surface area contributed by atoms with Gasteiger partial charge >= 0.3 is 6.18 Å². The number of aliphatic hydroxyl groups is 2. The van der Waals surface area contributed by atoms with Crippen LogP contribution in [0.5, 0.6) is 0 Å². The number of ether oxygens (including phenoxy) is 2. The minimum Gasteiger partial charge on any atom is -0.394 e. The van der Waals surface area contributed by atoms with Crippen LogP contribution in [-0.2, 0) is 15.7 Å². The summed E-state index contributed by atoms with van der Waals surface area (Å²) < 4.78 is 56.1. The second kappa shape index (κ2) is 11.0. The molecule has 10 nitrogen and oxygen atoms in total. The van der Waals surface area contributed by atoms with E-state index in [-0.39, 0.29) is 26.2 Å². The molecule has 2 unspecified atom stereocenters. The quantitative estimate of drug-likeness (QED) is 0.303. The van der Waals surface area contributed by atoms with Gasteiger partial charge in [0.2, 0.25) is 0 Å². The van der Waals surface area contributed by atoms with Crippen molar-refractivity contribution in [3.8, 4) is 16.4 Å². The average molecular weight is 670 g/mol. The summed E-state index contributed by atoms with van der Waals surface area (Å²) in [6, 6.07) is 3.61. The molecule has 1 aliphatic rings. The average Bonchev–Trinajstić information content (AvgIpc) is 3.62. The Morgan fingerprint density at radius 1 is 1.26 bits per heavy atom. The predicted molar refractivity (Wildman–Crippen MR) is 138 cm³/mol. The molecule has 208 valence electrons. The Kier molecular flexibility index (Phi) is 8.05. The number of halogens is 6. The third kappa shape index (κ3) is 5.46. The lowest BCUT2D eigenvalue weighted by atomic mass is 9.90. The molecular formula is C22H18BrCl2F3N6O4S. The minimum absolute atomic E-state index is 0.0578. The summed E-state index contributed by atoms with van der Waals surface area (Å²) >= 11 is 16.5. The molecular weight excluding hydrogens is 652 g/mol. The Hall–Kier alpha value is -2.11. The molecule has 2 N–H and O–H groups in total. The van der Waals surface area contributed by atoms with Gasteiger partial charge in [0.05, 0.1) is 29.7 Å². The maximum atomic E-state index is 13.9. The van der Waals surface area contributed by atoms with Crippen molar-refractivity contribution in [2.24, 2.45) is 0 Å². The van der Waals surface area contributed by atoms with Gasteiger partial charge in [0.25, 0.3) is 0 Å². The largest absolute Gasteiger partial charge is 0.418 e. The molecule has 0 spiro atoms. The number of nitrogens with zero attached hydrogens (tertiary/aromatic N) is 6. The van der Waals surface area contributed by atoms with E-state index in [1.165, 1.54) is 35.4 Å². The van der Waals surface area contributed by atoms with Crippen molar-refractivity contribution in [2.45, 2.75) is 36.6 Å². The van der Waals surface area contributed by atoms with E-state index in [9.17, 15) is 23.4 Å². The van der Waals surface area contributed by atoms with E-state index in [1.807, 2.05) is 0 Å². The Balaban J connectivity index is 1.61. The van der Waals surface area contributed by atoms with Gasteiger partial charge in [-0.05, 0) is 40.2 Å². The topological polar surface area (TPSA) is 120 Å². The number of methoxy groups -OCH3 is 1. The van der Waals surface area contributed by atoms with Crippen molar-refractivity contribution in [1.29, 1.82) is 0 Å². The summed E-state index contributed by atoms with van der Waals surface area (Å²) in [5.41, 5.74) is -0.809. The maximum Gasteiger partial charge on any atom is 0.418 e. The zero-order valence-electron chi connectivity index (χ0n) is 19.6. The summed E-state index contributed by atoms with van der Waals surface area (Å²) in [6.07, 6.45) is -7.82. The van der Waals surface area contributed by atoms with Crippen molar-refractivity contribution >= 4 is 50.5 Å². The molecule has 1 aromatic carbocycles. The first-order chi connectivity index (χ1) is 18.5. The zero-order valence-corrected chi connectivity index (χ0v) is 23.5. The molecule has 1 aliphatic heterocycles. The van der Waals surface area contributed by atoms with Crippen molar-refractivity contribution in [1.82, 2.24) is 29.8 Å². The van der Waals surface area contributed by atoms with Crippen LogP contribution in [0.15, 0.2) is 40.4 Å². The molecule has 4 heterocycles. The first-order valence-corrected chi connectivity index (χ1v) is 13.6. The first kappa shape index (κ1) is 28.4.